The van der Waals surface area contributed by atoms with Crippen LogP contribution in [0.15, 0.2) is 29.9 Å². The number of hydrogen-bond acceptors (Lipinski definition) is 3. The van der Waals surface area contributed by atoms with Gasteiger partial charge >= 0.3 is 0 Å². The molecule has 0 atom stereocenters. The van der Waals surface area contributed by atoms with Crippen LogP contribution < -0.4 is 0 Å². The predicted octanol–water partition coefficient (Wildman–Crippen LogP) is 3.98. The molecule has 0 amide bonds. The van der Waals surface area contributed by atoms with Crippen LogP contribution >= 0.6 is 34.5 Å². The second kappa shape index (κ2) is 5.49. The van der Waals surface area contributed by atoms with E-state index in [0.717, 1.165) is 34.8 Å². The summed E-state index contributed by atoms with van der Waals surface area (Å²) in [7, 11) is 0. The van der Waals surface area contributed by atoms with Crippen molar-refractivity contribution >= 4 is 45.6 Å². The number of aryl methyl sites for hydroxylation is 1. The summed E-state index contributed by atoms with van der Waals surface area (Å²) >= 11 is 13.8. The first-order valence-electron chi connectivity index (χ1n) is 5.86. The van der Waals surface area contributed by atoms with Crippen molar-refractivity contribution in [3.05, 3.63) is 45.6 Å². The Labute approximate surface area is 124 Å². The Kier molecular flexibility index (Phi) is 3.73. The Hall–Kier alpha value is -1.10. The average Bonchev–Trinajstić information content (AvgIpc) is 3.00. The minimum atomic E-state index is 0.545. The zero-order valence-electron chi connectivity index (χ0n) is 10.0. The first kappa shape index (κ1) is 12.9. The van der Waals surface area contributed by atoms with E-state index in [1.54, 1.807) is 11.3 Å². The molecular weight excluding hydrogens is 301 g/mol. The van der Waals surface area contributed by atoms with Crippen molar-refractivity contribution in [3.8, 4) is 0 Å². The molecule has 0 spiro atoms. The van der Waals surface area contributed by atoms with E-state index in [2.05, 4.69) is 14.5 Å². The second-order valence-electron chi connectivity index (χ2n) is 4.13. The lowest BCUT2D eigenvalue weighted by Gasteiger charge is -2.07. The lowest BCUT2D eigenvalue weighted by Crippen LogP contribution is -2.05. The maximum atomic E-state index is 6.31. The molecule has 0 aliphatic heterocycles. The summed E-state index contributed by atoms with van der Waals surface area (Å²) in [4.78, 5) is 9.90. The highest BCUT2D eigenvalue weighted by Crippen LogP contribution is 2.26. The van der Waals surface area contributed by atoms with Gasteiger partial charge in [-0.15, -0.1) is 22.9 Å². The molecule has 3 aromatic rings. The van der Waals surface area contributed by atoms with Gasteiger partial charge in [0.2, 0.25) is 0 Å². The third-order valence-corrected chi connectivity index (χ3v) is 4.17. The lowest BCUT2D eigenvalue weighted by atomic mass is 10.3. The van der Waals surface area contributed by atoms with Crippen molar-refractivity contribution in [1.29, 1.82) is 0 Å². The average molecular weight is 312 g/mol. The third kappa shape index (κ3) is 2.48. The first-order valence-corrected chi connectivity index (χ1v) is 7.66. The smallest absolute Gasteiger partial charge is 0.111 e. The fraction of sp³-hybridized carbons (Fsp3) is 0.231. The molecule has 3 rings (SSSR count). The predicted molar refractivity (Wildman–Crippen MR) is 80.4 cm³/mol. The van der Waals surface area contributed by atoms with Gasteiger partial charge in [-0.05, 0) is 12.1 Å². The van der Waals surface area contributed by atoms with Crippen LogP contribution in [0.25, 0.3) is 11.0 Å². The van der Waals surface area contributed by atoms with Crippen molar-refractivity contribution in [1.82, 2.24) is 14.5 Å². The van der Waals surface area contributed by atoms with Crippen LogP contribution in [0.3, 0.4) is 0 Å². The number of rotatable bonds is 4. The van der Waals surface area contributed by atoms with Gasteiger partial charge in [-0.25, -0.2) is 4.98 Å². The number of fused-ring (bicyclic) bond motifs is 1. The van der Waals surface area contributed by atoms with Gasteiger partial charge in [0, 0.05) is 23.4 Å². The second-order valence-corrected chi connectivity index (χ2v) is 5.88. The quantitative estimate of drug-likeness (QED) is 0.682. The van der Waals surface area contributed by atoms with Gasteiger partial charge in [-0.1, -0.05) is 17.7 Å². The van der Waals surface area contributed by atoms with Crippen molar-refractivity contribution < 1.29 is 0 Å². The largest absolute Gasteiger partial charge is 0.321 e. The molecule has 0 saturated carbocycles. The number of halogens is 2. The van der Waals surface area contributed by atoms with Gasteiger partial charge in [-0.3, -0.25) is 4.98 Å². The van der Waals surface area contributed by atoms with Crippen LogP contribution in [0.2, 0.25) is 5.02 Å². The maximum absolute atomic E-state index is 6.31. The van der Waals surface area contributed by atoms with E-state index in [-0.39, 0.29) is 0 Å². The molecule has 3 nitrogen and oxygen atoms in total. The van der Waals surface area contributed by atoms with Crippen LogP contribution in [-0.4, -0.2) is 20.4 Å². The summed E-state index contributed by atoms with van der Waals surface area (Å²) in [6.45, 7) is 0.733. The molecule has 0 radical (unpaired) electrons. The third-order valence-electron chi connectivity index (χ3n) is 2.91. The summed E-state index contributed by atoms with van der Waals surface area (Å²) in [6.07, 6.45) is 2.60. The number of nitrogens with zero attached hydrogens (tertiary/aromatic N) is 3. The Morgan fingerprint density at radius 1 is 1.32 bits per heavy atom. The Morgan fingerprint density at radius 2 is 2.21 bits per heavy atom. The van der Waals surface area contributed by atoms with Crippen LogP contribution in [0.1, 0.15) is 10.7 Å². The topological polar surface area (TPSA) is 30.7 Å². The van der Waals surface area contributed by atoms with Gasteiger partial charge < -0.3 is 4.57 Å². The highest BCUT2D eigenvalue weighted by atomic mass is 35.5. The molecule has 0 bridgehead atoms. The number of imidazole rings is 1. The minimum absolute atomic E-state index is 0.545. The first-order chi connectivity index (χ1) is 9.29. The molecule has 0 N–H and O–H groups in total. The number of thiazole rings is 1. The van der Waals surface area contributed by atoms with E-state index >= 15 is 0 Å². The highest BCUT2D eigenvalue weighted by molar-refractivity contribution is 7.09. The summed E-state index contributed by atoms with van der Waals surface area (Å²) in [6, 6.07) is 5.78. The van der Waals surface area contributed by atoms with E-state index in [0.29, 0.717) is 5.88 Å². The Balaban J connectivity index is 2.15. The number of hydrogen-bond donors (Lipinski definition) is 0. The van der Waals surface area contributed by atoms with Crippen LogP contribution in [-0.2, 0) is 13.0 Å². The van der Waals surface area contributed by atoms with E-state index < -0.39 is 0 Å². The number of benzene rings is 1. The summed E-state index contributed by atoms with van der Waals surface area (Å²) in [5.74, 6) is 1.51. The van der Waals surface area contributed by atoms with Gasteiger partial charge in [0.1, 0.15) is 5.82 Å². The zero-order valence-corrected chi connectivity index (χ0v) is 12.3. The fourth-order valence-electron chi connectivity index (χ4n) is 2.11. The highest BCUT2D eigenvalue weighted by Gasteiger charge is 2.13. The number of aromatic nitrogens is 3. The van der Waals surface area contributed by atoms with Gasteiger partial charge in [0.05, 0.1) is 28.1 Å². The molecule has 2 aromatic heterocycles. The normalized spacial score (nSPS) is 11.3. The number of alkyl halides is 1. The van der Waals surface area contributed by atoms with Gasteiger partial charge in [0.25, 0.3) is 0 Å². The number of para-hydroxylation sites is 1. The standard InChI is InChI=1S/C13H11Cl2N3S/c14-5-4-12-17-11-3-1-2-10(15)13(11)18(12)7-9-6-16-8-19-9/h1-3,6,8H,4-5,7H2. The van der Waals surface area contributed by atoms with Crippen molar-refractivity contribution in [2.45, 2.75) is 13.0 Å². The van der Waals surface area contributed by atoms with E-state index in [9.17, 15) is 0 Å². The monoisotopic (exact) mass is 311 g/mol. The molecule has 98 valence electrons. The van der Waals surface area contributed by atoms with Gasteiger partial charge in [-0.2, -0.15) is 0 Å². The van der Waals surface area contributed by atoms with Crippen molar-refractivity contribution in [2.24, 2.45) is 0 Å². The molecule has 0 unspecified atom stereocenters. The SMILES string of the molecule is ClCCc1nc2cccc(Cl)c2n1Cc1cncs1. The van der Waals surface area contributed by atoms with Crippen molar-refractivity contribution in [2.75, 3.05) is 5.88 Å². The summed E-state index contributed by atoms with van der Waals surface area (Å²) < 4.78 is 2.13. The van der Waals surface area contributed by atoms with Crippen LogP contribution in [0, 0.1) is 0 Å². The van der Waals surface area contributed by atoms with E-state index in [1.165, 1.54) is 4.88 Å². The van der Waals surface area contributed by atoms with Crippen LogP contribution in [0.5, 0.6) is 0 Å². The van der Waals surface area contributed by atoms with Crippen molar-refractivity contribution in [3.63, 3.8) is 0 Å². The molecule has 1 aromatic carbocycles. The summed E-state index contributed by atoms with van der Waals surface area (Å²) in [5.41, 5.74) is 3.71. The molecule has 0 aliphatic carbocycles. The molecular formula is C13H11Cl2N3S. The Bertz CT molecular complexity index is 691. The lowest BCUT2D eigenvalue weighted by molar-refractivity contribution is 0.762. The summed E-state index contributed by atoms with van der Waals surface area (Å²) in [5, 5.41) is 0.718. The molecule has 19 heavy (non-hydrogen) atoms. The molecule has 0 saturated heterocycles. The van der Waals surface area contributed by atoms with E-state index in [1.807, 2.05) is 29.9 Å². The van der Waals surface area contributed by atoms with Gasteiger partial charge in [0.15, 0.2) is 0 Å². The zero-order chi connectivity index (χ0) is 13.2. The molecule has 0 fully saturated rings. The molecule has 6 heteroatoms. The molecule has 0 aliphatic rings. The van der Waals surface area contributed by atoms with E-state index in [4.69, 9.17) is 23.2 Å². The maximum Gasteiger partial charge on any atom is 0.111 e. The van der Waals surface area contributed by atoms with Crippen LogP contribution in [0.4, 0.5) is 0 Å². The Morgan fingerprint density at radius 3 is 2.95 bits per heavy atom. The fourth-order valence-corrected chi connectivity index (χ4v) is 3.13. The minimum Gasteiger partial charge on any atom is -0.321 e. The molecule has 2 heterocycles.